The second-order valence-electron chi connectivity index (χ2n) is 6.21. The molecule has 2 heteroatoms. The molecule has 0 bridgehead atoms. The molecule has 21 heavy (non-hydrogen) atoms. The SMILES string of the molecule is Cc1cc(C)c(-c2ccc(Cl)c(CNC3CC3)c2)cc1C. The van der Waals surface area contributed by atoms with Crippen LogP contribution in [0.5, 0.6) is 0 Å². The van der Waals surface area contributed by atoms with Crippen molar-refractivity contribution in [1.82, 2.24) is 5.32 Å². The van der Waals surface area contributed by atoms with Crippen LogP contribution in [0.1, 0.15) is 35.1 Å². The molecule has 0 unspecified atom stereocenters. The highest BCUT2D eigenvalue weighted by Gasteiger charge is 2.20. The first-order valence-electron chi connectivity index (χ1n) is 7.64. The number of hydrogen-bond acceptors (Lipinski definition) is 1. The first kappa shape index (κ1) is 14.6. The van der Waals surface area contributed by atoms with Crippen LogP contribution in [0, 0.1) is 20.8 Å². The van der Waals surface area contributed by atoms with Gasteiger partial charge in [-0.3, -0.25) is 0 Å². The van der Waals surface area contributed by atoms with Crippen LogP contribution in [-0.4, -0.2) is 6.04 Å². The molecule has 1 fully saturated rings. The lowest BCUT2D eigenvalue weighted by atomic mass is 9.94. The molecule has 0 amide bonds. The van der Waals surface area contributed by atoms with Crippen LogP contribution in [0.15, 0.2) is 30.3 Å². The Kier molecular flexibility index (Phi) is 4.05. The molecule has 1 N–H and O–H groups in total. The highest BCUT2D eigenvalue weighted by Crippen LogP contribution is 2.30. The fourth-order valence-electron chi connectivity index (χ4n) is 2.69. The Labute approximate surface area is 132 Å². The van der Waals surface area contributed by atoms with Gasteiger partial charge in [-0.2, -0.15) is 0 Å². The molecule has 0 atom stereocenters. The summed E-state index contributed by atoms with van der Waals surface area (Å²) in [4.78, 5) is 0. The van der Waals surface area contributed by atoms with Crippen molar-refractivity contribution >= 4 is 11.6 Å². The summed E-state index contributed by atoms with van der Waals surface area (Å²) in [5.41, 5.74) is 7.76. The third-order valence-electron chi connectivity index (χ3n) is 4.36. The van der Waals surface area contributed by atoms with Gasteiger partial charge in [-0.25, -0.2) is 0 Å². The van der Waals surface area contributed by atoms with Gasteiger partial charge in [0.2, 0.25) is 0 Å². The van der Waals surface area contributed by atoms with Gasteiger partial charge < -0.3 is 5.32 Å². The summed E-state index contributed by atoms with van der Waals surface area (Å²) in [5.74, 6) is 0. The molecule has 1 saturated carbocycles. The lowest BCUT2D eigenvalue weighted by Crippen LogP contribution is -2.15. The molecule has 3 rings (SSSR count). The summed E-state index contributed by atoms with van der Waals surface area (Å²) in [6.45, 7) is 7.38. The van der Waals surface area contributed by atoms with E-state index in [1.54, 1.807) is 0 Å². The number of aryl methyl sites for hydroxylation is 3. The van der Waals surface area contributed by atoms with E-state index in [-0.39, 0.29) is 0 Å². The fraction of sp³-hybridized carbons (Fsp3) is 0.368. The van der Waals surface area contributed by atoms with Gasteiger partial charge in [-0.15, -0.1) is 0 Å². The Balaban J connectivity index is 1.94. The average molecular weight is 300 g/mol. The van der Waals surface area contributed by atoms with Crippen LogP contribution in [0.4, 0.5) is 0 Å². The van der Waals surface area contributed by atoms with Gasteiger partial charge in [-0.05, 0) is 79.1 Å². The maximum absolute atomic E-state index is 6.34. The van der Waals surface area contributed by atoms with Gasteiger partial charge in [0.05, 0.1) is 0 Å². The molecular formula is C19H22ClN. The van der Waals surface area contributed by atoms with Crippen LogP contribution in [0.25, 0.3) is 11.1 Å². The Morgan fingerprint density at radius 1 is 1.00 bits per heavy atom. The minimum atomic E-state index is 0.702. The number of hydrogen-bond donors (Lipinski definition) is 1. The van der Waals surface area contributed by atoms with E-state index < -0.39 is 0 Å². The van der Waals surface area contributed by atoms with Crippen molar-refractivity contribution in [3.8, 4) is 11.1 Å². The predicted octanol–water partition coefficient (Wildman–Crippen LogP) is 5.18. The molecule has 0 heterocycles. The zero-order chi connectivity index (χ0) is 15.0. The largest absolute Gasteiger partial charge is 0.310 e. The minimum absolute atomic E-state index is 0.702. The molecule has 1 aliphatic carbocycles. The second-order valence-corrected chi connectivity index (χ2v) is 6.62. The monoisotopic (exact) mass is 299 g/mol. The molecule has 0 spiro atoms. The summed E-state index contributed by atoms with van der Waals surface area (Å²) in [5, 5.41) is 4.40. The van der Waals surface area contributed by atoms with Crippen LogP contribution < -0.4 is 5.32 Å². The topological polar surface area (TPSA) is 12.0 Å². The van der Waals surface area contributed by atoms with Crippen molar-refractivity contribution < 1.29 is 0 Å². The van der Waals surface area contributed by atoms with Crippen LogP contribution in [0.3, 0.4) is 0 Å². The van der Waals surface area contributed by atoms with Crippen LogP contribution in [-0.2, 0) is 6.54 Å². The van der Waals surface area contributed by atoms with Gasteiger partial charge in [-0.1, -0.05) is 29.8 Å². The van der Waals surface area contributed by atoms with Gasteiger partial charge in [0.25, 0.3) is 0 Å². The standard InChI is InChI=1S/C19H22ClN/c1-12-8-14(3)18(9-13(12)2)15-4-7-19(20)16(10-15)11-21-17-5-6-17/h4,7-10,17,21H,5-6,11H2,1-3H3. The fourth-order valence-corrected chi connectivity index (χ4v) is 2.88. The van der Waals surface area contributed by atoms with Gasteiger partial charge in [0.15, 0.2) is 0 Å². The normalized spacial score (nSPS) is 14.5. The third kappa shape index (κ3) is 3.30. The van der Waals surface area contributed by atoms with E-state index in [1.165, 1.54) is 46.2 Å². The van der Waals surface area contributed by atoms with Crippen molar-refractivity contribution in [3.05, 3.63) is 57.6 Å². The lowest BCUT2D eigenvalue weighted by molar-refractivity contribution is 0.688. The first-order valence-corrected chi connectivity index (χ1v) is 8.02. The van der Waals surface area contributed by atoms with Gasteiger partial charge in [0, 0.05) is 17.6 Å². The molecule has 2 aromatic carbocycles. The van der Waals surface area contributed by atoms with Crippen molar-refractivity contribution in [1.29, 1.82) is 0 Å². The smallest absolute Gasteiger partial charge is 0.0451 e. The summed E-state index contributed by atoms with van der Waals surface area (Å²) in [7, 11) is 0. The maximum Gasteiger partial charge on any atom is 0.0451 e. The molecule has 0 aliphatic heterocycles. The Morgan fingerprint density at radius 2 is 1.71 bits per heavy atom. The van der Waals surface area contributed by atoms with Gasteiger partial charge in [0.1, 0.15) is 0 Å². The second kappa shape index (κ2) is 5.82. The Morgan fingerprint density at radius 3 is 2.43 bits per heavy atom. The first-order chi connectivity index (χ1) is 10.0. The van der Waals surface area contributed by atoms with E-state index in [0.717, 1.165) is 11.6 Å². The number of rotatable bonds is 4. The zero-order valence-corrected chi connectivity index (χ0v) is 13.7. The average Bonchev–Trinajstić information content (AvgIpc) is 3.26. The zero-order valence-electron chi connectivity index (χ0n) is 13.0. The highest BCUT2D eigenvalue weighted by atomic mass is 35.5. The molecule has 0 aromatic heterocycles. The maximum atomic E-state index is 6.34. The molecule has 0 radical (unpaired) electrons. The van der Waals surface area contributed by atoms with E-state index in [4.69, 9.17) is 11.6 Å². The lowest BCUT2D eigenvalue weighted by Gasteiger charge is -2.13. The molecule has 0 saturated heterocycles. The Hall–Kier alpha value is -1.31. The molecule has 1 aliphatic rings. The number of benzene rings is 2. The van der Waals surface area contributed by atoms with E-state index >= 15 is 0 Å². The molecule has 1 nitrogen and oxygen atoms in total. The number of halogens is 1. The van der Waals surface area contributed by atoms with Crippen LogP contribution >= 0.6 is 11.6 Å². The van der Waals surface area contributed by atoms with E-state index in [9.17, 15) is 0 Å². The van der Waals surface area contributed by atoms with Crippen molar-refractivity contribution in [2.75, 3.05) is 0 Å². The summed E-state index contributed by atoms with van der Waals surface area (Å²) in [6.07, 6.45) is 2.60. The van der Waals surface area contributed by atoms with Crippen molar-refractivity contribution in [2.24, 2.45) is 0 Å². The van der Waals surface area contributed by atoms with E-state index in [0.29, 0.717) is 6.04 Å². The quantitative estimate of drug-likeness (QED) is 0.820. The third-order valence-corrected chi connectivity index (χ3v) is 4.72. The van der Waals surface area contributed by atoms with Crippen LogP contribution in [0.2, 0.25) is 5.02 Å². The molecule has 110 valence electrons. The minimum Gasteiger partial charge on any atom is -0.310 e. The van der Waals surface area contributed by atoms with Crippen molar-refractivity contribution in [2.45, 2.75) is 46.2 Å². The molecular weight excluding hydrogens is 278 g/mol. The Bertz CT molecular complexity index is 672. The summed E-state index contributed by atoms with van der Waals surface area (Å²) in [6, 6.07) is 11.6. The highest BCUT2D eigenvalue weighted by molar-refractivity contribution is 6.31. The van der Waals surface area contributed by atoms with E-state index in [1.807, 2.05) is 6.07 Å². The summed E-state index contributed by atoms with van der Waals surface area (Å²) < 4.78 is 0. The van der Waals surface area contributed by atoms with E-state index in [2.05, 4.69) is 50.4 Å². The predicted molar refractivity (Wildman–Crippen MR) is 91.0 cm³/mol. The molecule has 2 aromatic rings. The summed E-state index contributed by atoms with van der Waals surface area (Å²) >= 11 is 6.34. The number of nitrogens with one attached hydrogen (secondary N) is 1. The van der Waals surface area contributed by atoms with Crippen molar-refractivity contribution in [3.63, 3.8) is 0 Å². The van der Waals surface area contributed by atoms with Gasteiger partial charge >= 0.3 is 0 Å².